The van der Waals surface area contributed by atoms with Gasteiger partial charge in [-0.15, -0.1) is 16.4 Å². The van der Waals surface area contributed by atoms with Crippen molar-refractivity contribution in [3.8, 4) is 5.69 Å². The highest BCUT2D eigenvalue weighted by Gasteiger charge is 2.30. The summed E-state index contributed by atoms with van der Waals surface area (Å²) in [7, 11) is 0. The van der Waals surface area contributed by atoms with Crippen molar-refractivity contribution in [2.75, 3.05) is 11.9 Å². The topological polar surface area (TPSA) is 88.8 Å². The molecule has 10 heteroatoms. The van der Waals surface area contributed by atoms with Crippen LogP contribution >= 0.6 is 11.3 Å². The van der Waals surface area contributed by atoms with Crippen LogP contribution in [-0.4, -0.2) is 42.7 Å². The number of likely N-dealkylation sites (tertiary alicyclic amines) is 1. The molecule has 8 nitrogen and oxygen atoms in total. The number of tetrazole rings is 1. The van der Waals surface area contributed by atoms with Gasteiger partial charge in [0.05, 0.1) is 17.4 Å². The van der Waals surface area contributed by atoms with Crippen LogP contribution in [0.3, 0.4) is 0 Å². The van der Waals surface area contributed by atoms with Gasteiger partial charge in [0.15, 0.2) is 0 Å². The molecule has 0 unspecified atom stereocenters. The second-order valence-corrected chi connectivity index (χ2v) is 6.85. The quantitative estimate of drug-likeness (QED) is 0.762. The Hall–Kier alpha value is -2.88. The van der Waals surface area contributed by atoms with Gasteiger partial charge in [-0.2, -0.15) is 0 Å². The number of hydrogen-bond donors (Lipinski definition) is 1. The predicted molar refractivity (Wildman–Crippen MR) is 93.5 cm³/mol. The number of amides is 2. The van der Waals surface area contributed by atoms with Gasteiger partial charge in [-0.3, -0.25) is 0 Å². The summed E-state index contributed by atoms with van der Waals surface area (Å²) in [6.07, 6.45) is 5.95. The lowest BCUT2D eigenvalue weighted by Gasteiger charge is -2.34. The van der Waals surface area contributed by atoms with Gasteiger partial charge in [-0.05, 0) is 47.9 Å². The Balaban J connectivity index is 1.56. The summed E-state index contributed by atoms with van der Waals surface area (Å²) in [4.78, 5) is 18.9. The third kappa shape index (κ3) is 3.27. The van der Waals surface area contributed by atoms with Crippen LogP contribution < -0.4 is 5.32 Å². The molecule has 4 rings (SSSR count). The molecule has 0 aliphatic carbocycles. The van der Waals surface area contributed by atoms with Crippen LogP contribution in [0.5, 0.6) is 0 Å². The number of nitrogens with zero attached hydrogens (tertiary/aromatic N) is 6. The summed E-state index contributed by atoms with van der Waals surface area (Å²) < 4.78 is 15.6. The van der Waals surface area contributed by atoms with Crippen molar-refractivity contribution in [3.63, 3.8) is 0 Å². The van der Waals surface area contributed by atoms with Crippen LogP contribution in [0.15, 0.2) is 36.1 Å². The Bertz CT molecular complexity index is 884. The Labute approximate surface area is 152 Å². The molecular formula is C16H16FN7OS. The van der Waals surface area contributed by atoms with E-state index in [0.29, 0.717) is 12.2 Å². The van der Waals surface area contributed by atoms with E-state index in [-0.39, 0.29) is 17.8 Å². The molecule has 1 aliphatic rings. The maximum Gasteiger partial charge on any atom is 0.322 e. The summed E-state index contributed by atoms with van der Waals surface area (Å²) >= 11 is 1.53. The minimum Gasteiger partial charge on any atom is -0.315 e. The monoisotopic (exact) mass is 373 g/mol. The van der Waals surface area contributed by atoms with Crippen LogP contribution in [0.25, 0.3) is 5.69 Å². The maximum absolute atomic E-state index is 14.2. The summed E-state index contributed by atoms with van der Waals surface area (Å²) in [6.45, 7) is 0.615. The number of carbonyl (C=O) groups is 1. The fraction of sp³-hybridized carbons (Fsp3) is 0.312. The number of anilines is 1. The van der Waals surface area contributed by atoms with Gasteiger partial charge in [-0.25, -0.2) is 18.9 Å². The normalized spacial score (nSPS) is 17.3. The summed E-state index contributed by atoms with van der Waals surface area (Å²) in [5.41, 5.74) is 0.647. The summed E-state index contributed by atoms with van der Waals surface area (Å²) in [5, 5.41) is 16.4. The SMILES string of the molecule is O=C(Nc1cc(-n2cnnn2)ccc1F)N1CCCC[C@H]1c1nccs1. The van der Waals surface area contributed by atoms with Crippen molar-refractivity contribution in [1.29, 1.82) is 0 Å². The van der Waals surface area contributed by atoms with Crippen molar-refractivity contribution in [1.82, 2.24) is 30.1 Å². The highest BCUT2D eigenvalue weighted by atomic mass is 32.1. The van der Waals surface area contributed by atoms with Crippen molar-refractivity contribution >= 4 is 23.1 Å². The molecule has 3 heterocycles. The van der Waals surface area contributed by atoms with E-state index in [1.165, 1.54) is 34.5 Å². The molecule has 1 aliphatic heterocycles. The number of nitrogens with one attached hydrogen (secondary N) is 1. The zero-order chi connectivity index (χ0) is 17.9. The number of halogens is 1. The number of carbonyl (C=O) groups excluding carboxylic acids is 1. The number of urea groups is 1. The lowest BCUT2D eigenvalue weighted by molar-refractivity contribution is 0.163. The molecule has 26 heavy (non-hydrogen) atoms. The molecule has 1 N–H and O–H groups in total. The molecule has 0 radical (unpaired) electrons. The van der Waals surface area contributed by atoms with Crippen molar-refractivity contribution in [3.05, 3.63) is 46.9 Å². The van der Waals surface area contributed by atoms with E-state index in [1.54, 1.807) is 17.2 Å². The summed E-state index contributed by atoms with van der Waals surface area (Å²) in [5.74, 6) is -0.516. The maximum atomic E-state index is 14.2. The average Bonchev–Trinajstić information content (AvgIpc) is 3.37. The number of thiazole rings is 1. The van der Waals surface area contributed by atoms with Crippen LogP contribution in [0.4, 0.5) is 14.9 Å². The van der Waals surface area contributed by atoms with E-state index in [2.05, 4.69) is 25.8 Å². The van der Waals surface area contributed by atoms with Crippen LogP contribution in [-0.2, 0) is 0 Å². The van der Waals surface area contributed by atoms with Crippen LogP contribution in [0, 0.1) is 5.82 Å². The van der Waals surface area contributed by atoms with E-state index >= 15 is 0 Å². The van der Waals surface area contributed by atoms with Crippen molar-refractivity contribution in [2.45, 2.75) is 25.3 Å². The van der Waals surface area contributed by atoms with Gasteiger partial charge < -0.3 is 10.2 Å². The third-order valence-corrected chi connectivity index (χ3v) is 5.18. The Kier molecular flexibility index (Phi) is 4.57. The Morgan fingerprint density at radius 2 is 2.27 bits per heavy atom. The zero-order valence-electron chi connectivity index (χ0n) is 13.7. The van der Waals surface area contributed by atoms with E-state index in [0.717, 1.165) is 24.3 Å². The molecule has 0 bridgehead atoms. The average molecular weight is 373 g/mol. The second kappa shape index (κ2) is 7.16. The number of benzene rings is 1. The standard InChI is InChI=1S/C16H16FN7OS/c17-12-5-4-11(24-10-19-21-22-24)9-13(12)20-16(25)23-7-2-1-3-14(23)15-18-6-8-26-15/h4-6,8-10,14H,1-3,7H2,(H,20,25)/t14-/m0/s1. The highest BCUT2D eigenvalue weighted by Crippen LogP contribution is 2.32. The number of aromatic nitrogens is 5. The molecule has 1 saturated heterocycles. The first kappa shape index (κ1) is 16.6. The molecule has 3 aromatic rings. The minimum atomic E-state index is -0.516. The van der Waals surface area contributed by atoms with Crippen molar-refractivity contribution < 1.29 is 9.18 Å². The molecule has 2 aromatic heterocycles. The first-order valence-electron chi connectivity index (χ1n) is 8.22. The second-order valence-electron chi connectivity index (χ2n) is 5.92. The van der Waals surface area contributed by atoms with Crippen molar-refractivity contribution in [2.24, 2.45) is 0 Å². The van der Waals surface area contributed by atoms with Gasteiger partial charge in [0.1, 0.15) is 17.2 Å². The first-order valence-corrected chi connectivity index (χ1v) is 9.10. The Morgan fingerprint density at radius 1 is 1.35 bits per heavy atom. The fourth-order valence-electron chi connectivity index (χ4n) is 3.05. The van der Waals surface area contributed by atoms with Gasteiger partial charge >= 0.3 is 6.03 Å². The molecule has 134 valence electrons. The van der Waals surface area contributed by atoms with Gasteiger partial charge in [0.25, 0.3) is 0 Å². The van der Waals surface area contributed by atoms with Crippen LogP contribution in [0.1, 0.15) is 30.3 Å². The highest BCUT2D eigenvalue weighted by molar-refractivity contribution is 7.09. The lowest BCUT2D eigenvalue weighted by atomic mass is 10.0. The van der Waals surface area contributed by atoms with Gasteiger partial charge in [0.2, 0.25) is 0 Å². The van der Waals surface area contributed by atoms with Gasteiger partial charge in [-0.1, -0.05) is 0 Å². The molecule has 1 aromatic carbocycles. The first-order chi connectivity index (χ1) is 12.7. The smallest absolute Gasteiger partial charge is 0.315 e. The molecule has 2 amide bonds. The molecule has 0 spiro atoms. The fourth-order valence-corrected chi connectivity index (χ4v) is 3.83. The largest absolute Gasteiger partial charge is 0.322 e. The van der Waals surface area contributed by atoms with E-state index in [4.69, 9.17) is 0 Å². The number of rotatable bonds is 3. The van der Waals surface area contributed by atoms with Crippen LogP contribution in [0.2, 0.25) is 0 Å². The predicted octanol–water partition coefficient (Wildman–Crippen LogP) is 3.02. The summed E-state index contributed by atoms with van der Waals surface area (Å²) in [6, 6.07) is 3.92. The van der Waals surface area contributed by atoms with E-state index in [1.807, 2.05) is 5.38 Å². The number of hydrogen-bond acceptors (Lipinski definition) is 6. The Morgan fingerprint density at radius 3 is 3.04 bits per heavy atom. The van der Waals surface area contributed by atoms with E-state index in [9.17, 15) is 9.18 Å². The number of piperidine rings is 1. The minimum absolute atomic E-state index is 0.0745. The lowest BCUT2D eigenvalue weighted by Crippen LogP contribution is -2.41. The zero-order valence-corrected chi connectivity index (χ0v) is 14.6. The van der Waals surface area contributed by atoms with E-state index < -0.39 is 5.82 Å². The van der Waals surface area contributed by atoms with Gasteiger partial charge in [0, 0.05) is 18.1 Å². The molecule has 1 fully saturated rings. The molecule has 1 atom stereocenters. The third-order valence-electron chi connectivity index (χ3n) is 4.31. The molecule has 0 saturated carbocycles. The molecular weight excluding hydrogens is 357 g/mol.